The van der Waals surface area contributed by atoms with Gasteiger partial charge in [0.2, 0.25) is 23.6 Å². The van der Waals surface area contributed by atoms with Crippen molar-refractivity contribution in [2.75, 3.05) is 33.3 Å². The summed E-state index contributed by atoms with van der Waals surface area (Å²) in [6, 6.07) is 25.3. The Kier molecular flexibility index (Phi) is 9.58. The third-order valence-corrected chi connectivity index (χ3v) is 13.6. The summed E-state index contributed by atoms with van der Waals surface area (Å²) in [7, 11) is 1.54. The minimum Gasteiger partial charge on any atom is -0.508 e. The fourth-order valence-corrected chi connectivity index (χ4v) is 11.0. The van der Waals surface area contributed by atoms with E-state index in [0.29, 0.717) is 31.4 Å². The van der Waals surface area contributed by atoms with Crippen molar-refractivity contribution in [3.05, 3.63) is 107 Å². The molecule has 9 rings (SSSR count). The van der Waals surface area contributed by atoms with Gasteiger partial charge in [-0.15, -0.1) is 0 Å². The quantitative estimate of drug-likeness (QED) is 0.243. The van der Waals surface area contributed by atoms with Gasteiger partial charge in [0.05, 0.1) is 30.8 Å². The number of piperidine rings is 2. The standard InChI is InChI=1S/C45H50N4O6/c1-55-38-24-32(50)12-13-34(38)39-33-14-15-35-40(44(53)48(42(35)51)30-16-20-46(21-17-30)26-28-8-4-2-5-9-28)36(33)25-37-41(39)45(54)49(43(37)52)31-18-22-47(23-19-31)27-29-10-6-3-7-11-29/h2-14,24,30-31,35-37,39-41,50H,15-23,25-27H2,1H3. The Labute approximate surface area is 322 Å². The summed E-state index contributed by atoms with van der Waals surface area (Å²) in [4.78, 5) is 66.1. The highest BCUT2D eigenvalue weighted by molar-refractivity contribution is 6.08. The molecule has 10 nitrogen and oxygen atoms in total. The van der Waals surface area contributed by atoms with Crippen LogP contribution in [-0.4, -0.2) is 93.7 Å². The molecule has 10 heteroatoms. The summed E-state index contributed by atoms with van der Waals surface area (Å²) in [5.41, 5.74) is 4.17. The second kappa shape index (κ2) is 14.7. The molecule has 286 valence electrons. The zero-order valence-corrected chi connectivity index (χ0v) is 31.5. The molecule has 5 fully saturated rings. The maximum Gasteiger partial charge on any atom is 0.234 e. The summed E-state index contributed by atoms with van der Waals surface area (Å²) < 4.78 is 5.80. The number of hydrogen-bond acceptors (Lipinski definition) is 8. The van der Waals surface area contributed by atoms with Gasteiger partial charge >= 0.3 is 0 Å². The van der Waals surface area contributed by atoms with E-state index >= 15 is 0 Å². The van der Waals surface area contributed by atoms with E-state index in [9.17, 15) is 24.3 Å². The van der Waals surface area contributed by atoms with Crippen molar-refractivity contribution in [2.45, 2.75) is 69.6 Å². The molecule has 0 spiro atoms. The number of allylic oxidation sites excluding steroid dienone is 2. The smallest absolute Gasteiger partial charge is 0.234 e. The Hall–Kier alpha value is -4.80. The van der Waals surface area contributed by atoms with Gasteiger partial charge < -0.3 is 9.84 Å². The SMILES string of the molecule is COc1cc(O)ccc1C1C2=CCC3C(=O)N(C4CCN(Cc5ccccc5)CC4)C(=O)C3C2CC2C(=O)N(C3CCN(Cc4ccccc4)CC3)C(=O)C21. The number of nitrogens with zero attached hydrogens (tertiary/aromatic N) is 4. The number of imide groups is 2. The van der Waals surface area contributed by atoms with E-state index in [-0.39, 0.29) is 47.4 Å². The highest BCUT2D eigenvalue weighted by Gasteiger charge is 2.63. The molecule has 3 aromatic carbocycles. The van der Waals surface area contributed by atoms with Gasteiger partial charge in [-0.2, -0.15) is 0 Å². The molecule has 2 aliphatic carbocycles. The van der Waals surface area contributed by atoms with Gasteiger partial charge in [0.15, 0.2) is 0 Å². The summed E-state index contributed by atoms with van der Waals surface area (Å²) >= 11 is 0. The normalized spacial score (nSPS) is 29.3. The molecule has 1 saturated carbocycles. The second-order valence-corrected chi connectivity index (χ2v) is 16.5. The van der Waals surface area contributed by atoms with Gasteiger partial charge in [-0.1, -0.05) is 78.4 Å². The Balaban J connectivity index is 0.978. The molecule has 4 aliphatic heterocycles. The van der Waals surface area contributed by atoms with Crippen LogP contribution in [-0.2, 0) is 32.3 Å². The number of phenolic OH excluding ortho intramolecular Hbond substituents is 1. The monoisotopic (exact) mass is 742 g/mol. The predicted octanol–water partition coefficient (Wildman–Crippen LogP) is 5.37. The topological polar surface area (TPSA) is 111 Å². The van der Waals surface area contributed by atoms with E-state index in [4.69, 9.17) is 4.74 Å². The predicted molar refractivity (Wildman–Crippen MR) is 205 cm³/mol. The minimum absolute atomic E-state index is 0.0435. The van der Waals surface area contributed by atoms with Crippen LogP contribution < -0.4 is 4.74 Å². The van der Waals surface area contributed by atoms with Crippen LogP contribution in [0.15, 0.2) is 90.5 Å². The average molecular weight is 743 g/mol. The molecule has 6 aliphatic rings. The van der Waals surface area contributed by atoms with Crippen molar-refractivity contribution in [3.8, 4) is 11.5 Å². The van der Waals surface area contributed by atoms with Crippen molar-refractivity contribution in [2.24, 2.45) is 29.6 Å². The zero-order valence-electron chi connectivity index (χ0n) is 31.5. The van der Waals surface area contributed by atoms with E-state index in [1.807, 2.05) is 36.4 Å². The molecule has 55 heavy (non-hydrogen) atoms. The fraction of sp³-hybridized carbons (Fsp3) is 0.467. The summed E-state index contributed by atoms with van der Waals surface area (Å²) in [5.74, 6) is -3.21. The number of hydrogen-bond donors (Lipinski definition) is 1. The average Bonchev–Trinajstić information content (AvgIpc) is 3.62. The van der Waals surface area contributed by atoms with E-state index in [0.717, 1.165) is 63.2 Å². The van der Waals surface area contributed by atoms with E-state index in [1.165, 1.54) is 11.1 Å². The molecule has 4 saturated heterocycles. The lowest BCUT2D eigenvalue weighted by Gasteiger charge is -2.44. The number of amides is 4. The number of fused-ring (bicyclic) bond motifs is 4. The number of carbonyl (C=O) groups excluding carboxylic acids is 4. The van der Waals surface area contributed by atoms with Gasteiger partial charge in [0, 0.05) is 68.9 Å². The van der Waals surface area contributed by atoms with Crippen molar-refractivity contribution in [1.82, 2.24) is 19.6 Å². The third kappa shape index (κ3) is 6.37. The molecule has 3 aromatic rings. The first-order valence-corrected chi connectivity index (χ1v) is 20.1. The highest BCUT2D eigenvalue weighted by Crippen LogP contribution is 2.59. The molecule has 0 bridgehead atoms. The summed E-state index contributed by atoms with van der Waals surface area (Å²) in [6.07, 6.45) is 5.77. The molecule has 4 amide bonds. The van der Waals surface area contributed by atoms with E-state index in [1.54, 1.807) is 35.1 Å². The lowest BCUT2D eigenvalue weighted by Crippen LogP contribution is -2.48. The third-order valence-electron chi connectivity index (χ3n) is 13.6. The van der Waals surface area contributed by atoms with E-state index in [2.05, 4.69) is 40.1 Å². The fourth-order valence-electron chi connectivity index (χ4n) is 11.0. The van der Waals surface area contributed by atoms with Crippen molar-refractivity contribution in [3.63, 3.8) is 0 Å². The molecule has 0 radical (unpaired) electrons. The van der Waals surface area contributed by atoms with Crippen molar-refractivity contribution in [1.29, 1.82) is 0 Å². The van der Waals surface area contributed by atoms with Crippen LogP contribution in [0.2, 0.25) is 0 Å². The van der Waals surface area contributed by atoms with Crippen LogP contribution in [0.5, 0.6) is 11.5 Å². The van der Waals surface area contributed by atoms with E-state index < -0.39 is 29.6 Å². The highest BCUT2D eigenvalue weighted by atomic mass is 16.5. The Morgan fingerprint density at radius 2 is 1.16 bits per heavy atom. The number of aromatic hydroxyl groups is 1. The molecular weight excluding hydrogens is 693 g/mol. The molecule has 6 unspecified atom stereocenters. The van der Waals surface area contributed by atoms with Crippen LogP contribution in [0.25, 0.3) is 0 Å². The molecule has 6 atom stereocenters. The Bertz CT molecular complexity index is 1990. The van der Waals surface area contributed by atoms with Gasteiger partial charge in [-0.05, 0) is 61.6 Å². The molecule has 4 heterocycles. The van der Waals surface area contributed by atoms with Gasteiger partial charge in [-0.3, -0.25) is 38.8 Å². The number of methoxy groups -OCH3 is 1. The first-order valence-electron chi connectivity index (χ1n) is 20.1. The molecule has 1 N–H and O–H groups in total. The Morgan fingerprint density at radius 3 is 1.71 bits per heavy atom. The summed E-state index contributed by atoms with van der Waals surface area (Å²) in [5, 5.41) is 10.4. The first kappa shape index (κ1) is 35.9. The van der Waals surface area contributed by atoms with Crippen molar-refractivity contribution >= 4 is 23.6 Å². The van der Waals surface area contributed by atoms with Crippen molar-refractivity contribution < 1.29 is 29.0 Å². The number of likely N-dealkylation sites (tertiary alicyclic amines) is 4. The lowest BCUT2D eigenvalue weighted by atomic mass is 9.57. The van der Waals surface area contributed by atoms with Crippen LogP contribution >= 0.6 is 0 Å². The van der Waals surface area contributed by atoms with Gasteiger partial charge in [0.25, 0.3) is 0 Å². The summed E-state index contributed by atoms with van der Waals surface area (Å²) in [6.45, 7) is 4.87. The number of rotatable bonds is 8. The van der Waals surface area contributed by atoms with Crippen LogP contribution in [0.1, 0.15) is 61.1 Å². The molecule has 0 aromatic heterocycles. The minimum atomic E-state index is -0.649. The number of carbonyl (C=O) groups is 4. The maximum absolute atomic E-state index is 14.7. The lowest BCUT2D eigenvalue weighted by molar-refractivity contribution is -0.146. The first-order chi connectivity index (χ1) is 26.8. The maximum atomic E-state index is 14.7. The van der Waals surface area contributed by atoms with Gasteiger partial charge in [0.1, 0.15) is 11.5 Å². The van der Waals surface area contributed by atoms with Crippen LogP contribution in [0, 0.1) is 29.6 Å². The largest absolute Gasteiger partial charge is 0.508 e. The van der Waals surface area contributed by atoms with Crippen LogP contribution in [0.4, 0.5) is 0 Å². The van der Waals surface area contributed by atoms with Gasteiger partial charge in [-0.25, -0.2) is 0 Å². The number of benzene rings is 3. The Morgan fingerprint density at radius 1 is 0.636 bits per heavy atom. The number of ether oxygens (including phenoxy) is 1. The number of phenols is 1. The zero-order chi connectivity index (χ0) is 37.8. The van der Waals surface area contributed by atoms with Crippen LogP contribution in [0.3, 0.4) is 0 Å². The molecular formula is C45H50N4O6. The second-order valence-electron chi connectivity index (χ2n) is 16.5.